The van der Waals surface area contributed by atoms with Gasteiger partial charge in [0.15, 0.2) is 0 Å². The molecule has 0 aliphatic heterocycles. The summed E-state index contributed by atoms with van der Waals surface area (Å²) in [5.41, 5.74) is -8.83. The van der Waals surface area contributed by atoms with E-state index in [1.165, 1.54) is 0 Å². The van der Waals surface area contributed by atoms with Crippen LogP contribution in [0.5, 0.6) is 11.5 Å². The van der Waals surface area contributed by atoms with E-state index in [0.29, 0.717) is 11.5 Å². The van der Waals surface area contributed by atoms with E-state index in [-0.39, 0.29) is 0 Å². The zero-order valence-electron chi connectivity index (χ0n) is 16.4. The molecular formula is C16H18F6O8S4. The first-order valence-corrected chi connectivity index (χ1v) is 12.1. The highest BCUT2D eigenvalue weighted by Crippen LogP contribution is 2.21. The van der Waals surface area contributed by atoms with Gasteiger partial charge >= 0.3 is 31.3 Å². The van der Waals surface area contributed by atoms with E-state index < -0.39 is 31.3 Å². The quantitative estimate of drug-likeness (QED) is 0.132. The number of aromatic hydroxyl groups is 2. The highest BCUT2D eigenvalue weighted by atomic mass is 32.2. The van der Waals surface area contributed by atoms with Gasteiger partial charge in [0.1, 0.15) is 11.5 Å². The van der Waals surface area contributed by atoms with Crippen LogP contribution in [0.1, 0.15) is 11.1 Å². The average Bonchev–Trinajstić information content (AvgIpc) is 2.68. The Hall–Kier alpha value is -1.86. The Morgan fingerprint density at radius 2 is 0.765 bits per heavy atom. The molecule has 2 aromatic rings. The van der Waals surface area contributed by atoms with E-state index >= 15 is 0 Å². The third kappa shape index (κ3) is 15.9. The predicted molar refractivity (Wildman–Crippen MR) is 117 cm³/mol. The van der Waals surface area contributed by atoms with Crippen LogP contribution in [0, 0.1) is 0 Å². The molecule has 0 radical (unpaired) electrons. The molecule has 0 spiro atoms. The fourth-order valence-electron chi connectivity index (χ4n) is 1.20. The van der Waals surface area contributed by atoms with E-state index in [4.69, 9.17) is 36.2 Å². The van der Waals surface area contributed by atoms with Gasteiger partial charge in [-0.3, -0.25) is 9.11 Å². The molecule has 0 bridgehead atoms. The largest absolute Gasteiger partial charge is 0.522 e. The van der Waals surface area contributed by atoms with Gasteiger partial charge in [0.2, 0.25) is 0 Å². The number of halogens is 6. The van der Waals surface area contributed by atoms with Crippen LogP contribution in [-0.2, 0) is 31.7 Å². The summed E-state index contributed by atoms with van der Waals surface area (Å²) in [5, 5.41) is 17.7. The number of benzene rings is 2. The van der Waals surface area contributed by atoms with Crippen molar-refractivity contribution in [3.8, 4) is 11.5 Å². The highest BCUT2D eigenvalue weighted by Gasteiger charge is 2.45. The van der Waals surface area contributed by atoms with Crippen molar-refractivity contribution in [3.05, 3.63) is 59.7 Å². The van der Waals surface area contributed by atoms with Crippen LogP contribution in [0.4, 0.5) is 26.3 Å². The van der Waals surface area contributed by atoms with Crippen LogP contribution in [0.25, 0.3) is 0 Å². The number of hydrogen-bond donors (Lipinski definition) is 6. The van der Waals surface area contributed by atoms with Gasteiger partial charge in [-0.1, -0.05) is 24.3 Å². The summed E-state index contributed by atoms with van der Waals surface area (Å²) < 4.78 is 115. The molecule has 18 heteroatoms. The summed E-state index contributed by atoms with van der Waals surface area (Å²) in [5.74, 6) is 2.06. The molecule has 8 nitrogen and oxygen atoms in total. The second-order valence-corrected chi connectivity index (χ2v) is 8.95. The van der Waals surface area contributed by atoms with Crippen LogP contribution in [-0.4, -0.2) is 47.2 Å². The molecule has 0 heterocycles. The van der Waals surface area contributed by atoms with Gasteiger partial charge in [-0.25, -0.2) is 0 Å². The molecule has 0 atom stereocenters. The zero-order valence-corrected chi connectivity index (χ0v) is 19.9. The lowest BCUT2D eigenvalue weighted by Crippen LogP contribution is -2.21. The van der Waals surface area contributed by atoms with Gasteiger partial charge in [-0.2, -0.15) is 68.4 Å². The fourth-order valence-corrected chi connectivity index (χ4v) is 1.62. The van der Waals surface area contributed by atoms with E-state index in [0.717, 1.165) is 22.6 Å². The lowest BCUT2D eigenvalue weighted by atomic mass is 10.2. The molecule has 4 N–H and O–H groups in total. The van der Waals surface area contributed by atoms with Crippen molar-refractivity contribution >= 4 is 45.5 Å². The van der Waals surface area contributed by atoms with Crippen molar-refractivity contribution in [3.63, 3.8) is 0 Å². The summed E-state index contributed by atoms with van der Waals surface area (Å²) in [4.78, 5) is 0. The molecule has 196 valence electrons. The molecule has 0 aliphatic carbocycles. The Labute approximate surface area is 201 Å². The molecule has 0 amide bonds. The normalized spacial score (nSPS) is 11.6. The molecule has 0 aliphatic rings. The predicted octanol–water partition coefficient (Wildman–Crippen LogP) is 4.43. The minimum atomic E-state index is -5.84. The summed E-state index contributed by atoms with van der Waals surface area (Å²) in [6.07, 6.45) is 0. The molecule has 0 aromatic heterocycles. The molecule has 2 rings (SSSR count). The van der Waals surface area contributed by atoms with Crippen molar-refractivity contribution in [2.75, 3.05) is 0 Å². The van der Waals surface area contributed by atoms with Gasteiger partial charge in [0.25, 0.3) is 0 Å². The minimum absolute atomic E-state index is 0.306. The van der Waals surface area contributed by atoms with Gasteiger partial charge < -0.3 is 10.2 Å². The monoisotopic (exact) mass is 580 g/mol. The van der Waals surface area contributed by atoms with Crippen LogP contribution in [0.2, 0.25) is 0 Å². The third-order valence-electron chi connectivity index (χ3n) is 2.82. The fraction of sp³-hybridized carbons (Fsp3) is 0.250. The lowest BCUT2D eigenvalue weighted by molar-refractivity contribution is -0.0514. The summed E-state index contributed by atoms with van der Waals surface area (Å²) >= 11 is 8.13. The molecule has 2 aromatic carbocycles. The molecule has 34 heavy (non-hydrogen) atoms. The molecule has 0 saturated carbocycles. The maximum Gasteiger partial charge on any atom is 0.522 e. The molecule has 0 unspecified atom stereocenters. The van der Waals surface area contributed by atoms with Crippen molar-refractivity contribution in [1.82, 2.24) is 0 Å². The first kappa shape index (κ1) is 34.3. The second-order valence-electron chi connectivity index (χ2n) is 5.49. The SMILES string of the molecule is O=S(=O)(O)C(F)(F)F.O=S(=O)(O)C(F)(F)F.Oc1ccc(CS)cc1.Oc1ccc(CS)cc1. The maximum absolute atomic E-state index is 10.7. The van der Waals surface area contributed by atoms with E-state index in [1.807, 2.05) is 24.3 Å². The van der Waals surface area contributed by atoms with Gasteiger partial charge in [-0.05, 0) is 35.4 Å². The van der Waals surface area contributed by atoms with Crippen LogP contribution < -0.4 is 0 Å². The Balaban J connectivity index is 0. The number of phenolic OH excluding ortho intramolecular Hbond substituents is 2. The Bertz CT molecular complexity index is 965. The summed E-state index contributed by atoms with van der Waals surface area (Å²) in [7, 11) is -11.7. The minimum Gasteiger partial charge on any atom is -0.508 e. The van der Waals surface area contributed by atoms with Gasteiger partial charge in [0.05, 0.1) is 0 Å². The van der Waals surface area contributed by atoms with E-state index in [2.05, 4.69) is 25.3 Å². The Morgan fingerprint density at radius 1 is 0.588 bits per heavy atom. The first-order chi connectivity index (χ1) is 15.2. The molecule has 0 fully saturated rings. The lowest BCUT2D eigenvalue weighted by Gasteiger charge is -1.97. The van der Waals surface area contributed by atoms with Crippen LogP contribution in [0.3, 0.4) is 0 Å². The second kappa shape index (κ2) is 14.5. The van der Waals surface area contributed by atoms with E-state index in [9.17, 15) is 26.3 Å². The van der Waals surface area contributed by atoms with E-state index in [1.54, 1.807) is 24.3 Å². The first-order valence-electron chi connectivity index (χ1n) is 8.00. The maximum atomic E-state index is 10.7. The van der Waals surface area contributed by atoms with Gasteiger partial charge in [0, 0.05) is 11.5 Å². The van der Waals surface area contributed by atoms with Crippen molar-refractivity contribution in [1.29, 1.82) is 0 Å². The van der Waals surface area contributed by atoms with Crippen molar-refractivity contribution in [2.45, 2.75) is 22.5 Å². The van der Waals surface area contributed by atoms with Crippen LogP contribution >= 0.6 is 25.3 Å². The molecule has 0 saturated heterocycles. The number of alkyl halides is 6. The van der Waals surface area contributed by atoms with Crippen LogP contribution in [0.15, 0.2) is 48.5 Å². The van der Waals surface area contributed by atoms with Crippen molar-refractivity contribution < 1.29 is 62.5 Å². The topological polar surface area (TPSA) is 149 Å². The highest BCUT2D eigenvalue weighted by molar-refractivity contribution is 7.86. The van der Waals surface area contributed by atoms with Gasteiger partial charge in [-0.15, -0.1) is 0 Å². The Morgan fingerprint density at radius 3 is 0.882 bits per heavy atom. The summed E-state index contributed by atoms with van der Waals surface area (Å²) in [6, 6.07) is 14.0. The number of rotatable bonds is 2. The molecular weight excluding hydrogens is 562 g/mol. The average molecular weight is 581 g/mol. The number of phenols is 2. The summed E-state index contributed by atoms with van der Waals surface area (Å²) in [6.45, 7) is 0. The third-order valence-corrected chi connectivity index (χ3v) is 4.72. The smallest absolute Gasteiger partial charge is 0.508 e. The van der Waals surface area contributed by atoms with Crippen molar-refractivity contribution in [2.24, 2.45) is 0 Å². The standard InChI is InChI=1S/2C7H8OS.2CHF3O3S/c2*8-7-3-1-6(5-9)2-4-7;2*2-1(3,4)8(5,6)7/h2*1-4,8-9H,5H2;2*(H,5,6,7). The zero-order chi connectivity index (χ0) is 27.4. The number of hydrogen-bond acceptors (Lipinski definition) is 8. The number of thiol groups is 2. The Kier molecular flexibility index (Phi) is 14.7.